The van der Waals surface area contributed by atoms with Crippen molar-refractivity contribution in [1.82, 2.24) is 4.57 Å². The fourth-order valence-corrected chi connectivity index (χ4v) is 7.25. The summed E-state index contributed by atoms with van der Waals surface area (Å²) in [5, 5.41) is 4.97. The van der Waals surface area contributed by atoms with Gasteiger partial charge in [0.25, 0.3) is 0 Å². The molecule has 2 nitrogen and oxygen atoms in total. The van der Waals surface area contributed by atoms with Gasteiger partial charge in [-0.25, -0.2) is 0 Å². The topological polar surface area (TPSA) is 8.17 Å². The molecule has 0 aliphatic carbocycles. The number of fused-ring (bicyclic) bond motifs is 4. The Morgan fingerprint density at radius 2 is 1.04 bits per heavy atom. The highest BCUT2D eigenvalue weighted by Crippen LogP contribution is 2.44. The van der Waals surface area contributed by atoms with Crippen molar-refractivity contribution in [2.75, 3.05) is 4.90 Å². The lowest BCUT2D eigenvalue weighted by atomic mass is 9.97. The molecule has 1 heterocycles. The van der Waals surface area contributed by atoms with Crippen LogP contribution in [0.3, 0.4) is 0 Å². The van der Waals surface area contributed by atoms with Gasteiger partial charge in [-0.2, -0.15) is 0 Å². The fraction of sp³-hybridized carbons (Fsp3) is 0.0213. The molecule has 0 aliphatic heterocycles. The summed E-state index contributed by atoms with van der Waals surface area (Å²) in [6.45, 7) is 2.18. The summed E-state index contributed by atoms with van der Waals surface area (Å²) >= 11 is 0. The van der Waals surface area contributed by atoms with E-state index in [4.69, 9.17) is 0 Å². The summed E-state index contributed by atoms with van der Waals surface area (Å²) in [4.78, 5) is 2.42. The third-order valence-corrected chi connectivity index (χ3v) is 9.62. The molecule has 0 spiro atoms. The summed E-state index contributed by atoms with van der Waals surface area (Å²) in [5.41, 5.74) is 12.9. The lowest BCUT2D eigenvalue weighted by molar-refractivity contribution is 1.18. The van der Waals surface area contributed by atoms with Gasteiger partial charge >= 0.3 is 0 Å². The minimum absolute atomic E-state index is 1.10. The Morgan fingerprint density at radius 1 is 0.408 bits per heavy atom. The molecule has 1 aromatic heterocycles. The summed E-state index contributed by atoms with van der Waals surface area (Å²) < 4.78 is 2.39. The molecular formula is C47H34N2. The van der Waals surface area contributed by atoms with Crippen molar-refractivity contribution in [1.29, 1.82) is 0 Å². The molecule has 49 heavy (non-hydrogen) atoms. The first-order valence-corrected chi connectivity index (χ1v) is 16.9. The predicted octanol–water partition coefficient (Wildman–Crippen LogP) is 13.0. The normalized spacial score (nSPS) is 11.4. The van der Waals surface area contributed by atoms with Crippen LogP contribution in [0.1, 0.15) is 5.56 Å². The lowest BCUT2D eigenvalue weighted by Crippen LogP contribution is -2.11. The van der Waals surface area contributed by atoms with Crippen molar-refractivity contribution in [3.63, 3.8) is 0 Å². The van der Waals surface area contributed by atoms with Crippen LogP contribution in [0, 0.1) is 6.92 Å². The molecule has 9 aromatic rings. The Labute approximate surface area is 286 Å². The van der Waals surface area contributed by atoms with Crippen LogP contribution in [-0.4, -0.2) is 4.57 Å². The first-order chi connectivity index (χ1) is 24.2. The van der Waals surface area contributed by atoms with E-state index in [1.165, 1.54) is 60.4 Å². The van der Waals surface area contributed by atoms with Crippen molar-refractivity contribution in [3.8, 4) is 27.9 Å². The minimum atomic E-state index is 1.10. The van der Waals surface area contributed by atoms with Gasteiger partial charge in [0.1, 0.15) is 0 Å². The summed E-state index contributed by atoms with van der Waals surface area (Å²) in [7, 11) is 0. The second kappa shape index (κ2) is 12.0. The highest BCUT2D eigenvalue weighted by molar-refractivity contribution is 6.10. The third kappa shape index (κ3) is 5.15. The zero-order valence-corrected chi connectivity index (χ0v) is 27.3. The summed E-state index contributed by atoms with van der Waals surface area (Å²) in [6.07, 6.45) is 0. The van der Waals surface area contributed by atoms with Crippen molar-refractivity contribution >= 4 is 49.6 Å². The van der Waals surface area contributed by atoms with Gasteiger partial charge in [-0.3, -0.25) is 0 Å². The van der Waals surface area contributed by atoms with Crippen molar-refractivity contribution in [3.05, 3.63) is 194 Å². The summed E-state index contributed by atoms with van der Waals surface area (Å²) in [5.74, 6) is 0. The smallest absolute Gasteiger partial charge is 0.0561 e. The number of aryl methyl sites for hydroxylation is 1. The highest BCUT2D eigenvalue weighted by atomic mass is 15.1. The van der Waals surface area contributed by atoms with Gasteiger partial charge in [0, 0.05) is 33.4 Å². The number of hydrogen-bond donors (Lipinski definition) is 0. The number of benzene rings is 8. The predicted molar refractivity (Wildman–Crippen MR) is 209 cm³/mol. The zero-order valence-electron chi connectivity index (χ0n) is 27.3. The number of para-hydroxylation sites is 2. The van der Waals surface area contributed by atoms with Gasteiger partial charge in [-0.1, -0.05) is 133 Å². The largest absolute Gasteiger partial charge is 0.310 e. The van der Waals surface area contributed by atoms with Crippen LogP contribution in [0.25, 0.3) is 60.5 Å². The maximum absolute atomic E-state index is 2.42. The molecular weight excluding hydrogens is 593 g/mol. The Bertz CT molecular complexity index is 2600. The molecule has 0 radical (unpaired) electrons. The molecule has 0 atom stereocenters. The number of anilines is 3. The average molecular weight is 627 g/mol. The molecule has 0 fully saturated rings. The van der Waals surface area contributed by atoms with Crippen LogP contribution in [-0.2, 0) is 0 Å². The van der Waals surface area contributed by atoms with E-state index in [1.54, 1.807) is 0 Å². The van der Waals surface area contributed by atoms with Gasteiger partial charge in [0.05, 0.1) is 16.7 Å². The zero-order chi connectivity index (χ0) is 32.7. The van der Waals surface area contributed by atoms with Gasteiger partial charge < -0.3 is 9.47 Å². The molecule has 0 N–H and O–H groups in total. The van der Waals surface area contributed by atoms with Gasteiger partial charge in [-0.15, -0.1) is 0 Å². The number of nitrogens with zero attached hydrogens (tertiary/aromatic N) is 2. The molecule has 0 aliphatic rings. The van der Waals surface area contributed by atoms with Crippen LogP contribution in [0.5, 0.6) is 0 Å². The van der Waals surface area contributed by atoms with Gasteiger partial charge in [0.2, 0.25) is 0 Å². The number of rotatable bonds is 6. The molecule has 9 rings (SSSR count). The lowest BCUT2D eigenvalue weighted by Gasteiger charge is -2.29. The van der Waals surface area contributed by atoms with Crippen molar-refractivity contribution in [2.24, 2.45) is 0 Å². The third-order valence-electron chi connectivity index (χ3n) is 9.62. The molecule has 8 aromatic carbocycles. The first-order valence-electron chi connectivity index (χ1n) is 16.9. The Kier molecular flexibility index (Phi) is 7.06. The molecule has 0 saturated heterocycles. The highest BCUT2D eigenvalue weighted by Gasteiger charge is 2.20. The van der Waals surface area contributed by atoms with E-state index in [0.29, 0.717) is 0 Å². The van der Waals surface area contributed by atoms with Crippen LogP contribution in [0.4, 0.5) is 17.1 Å². The van der Waals surface area contributed by atoms with Gasteiger partial charge in [-0.05, 0) is 95.1 Å². The Morgan fingerprint density at radius 3 is 1.86 bits per heavy atom. The van der Waals surface area contributed by atoms with Gasteiger partial charge in [0.15, 0.2) is 0 Å². The standard InChI is InChI=1S/C47H34N2/c1-33-20-29-46(44(30-33)38-22-21-35-14-8-9-15-37(35)31-38)48(40-25-23-36(24-26-40)34-12-4-2-5-13-34)41-27-28-43-42-18-10-11-19-45(42)49(47(43)32-41)39-16-6-3-7-17-39/h2-32H,1H3. The summed E-state index contributed by atoms with van der Waals surface area (Å²) in [6, 6.07) is 68.1. The SMILES string of the molecule is Cc1ccc(N(c2ccc(-c3ccccc3)cc2)c2ccc3c4ccccc4n(-c4ccccc4)c3c2)c(-c2ccc3ccccc3c2)c1. The maximum atomic E-state index is 2.42. The molecule has 232 valence electrons. The quantitative estimate of drug-likeness (QED) is 0.178. The van der Waals surface area contributed by atoms with Crippen molar-refractivity contribution < 1.29 is 0 Å². The van der Waals surface area contributed by atoms with E-state index in [0.717, 1.165) is 22.7 Å². The Hall–Kier alpha value is -6.38. The van der Waals surface area contributed by atoms with Crippen LogP contribution >= 0.6 is 0 Å². The maximum Gasteiger partial charge on any atom is 0.0561 e. The van der Waals surface area contributed by atoms with E-state index in [9.17, 15) is 0 Å². The van der Waals surface area contributed by atoms with E-state index in [-0.39, 0.29) is 0 Å². The van der Waals surface area contributed by atoms with E-state index in [2.05, 4.69) is 204 Å². The molecule has 0 amide bonds. The molecule has 0 saturated carbocycles. The van der Waals surface area contributed by atoms with E-state index in [1.807, 2.05) is 0 Å². The van der Waals surface area contributed by atoms with Crippen LogP contribution in [0.15, 0.2) is 188 Å². The monoisotopic (exact) mass is 626 g/mol. The first kappa shape index (κ1) is 28.8. The second-order valence-electron chi connectivity index (χ2n) is 12.7. The van der Waals surface area contributed by atoms with Crippen molar-refractivity contribution in [2.45, 2.75) is 6.92 Å². The molecule has 0 unspecified atom stereocenters. The second-order valence-corrected chi connectivity index (χ2v) is 12.7. The average Bonchev–Trinajstić information content (AvgIpc) is 3.50. The molecule has 0 bridgehead atoms. The molecule has 2 heteroatoms. The fourth-order valence-electron chi connectivity index (χ4n) is 7.25. The van der Waals surface area contributed by atoms with E-state index >= 15 is 0 Å². The Balaban J connectivity index is 1.29. The van der Waals surface area contributed by atoms with Crippen LogP contribution in [0.2, 0.25) is 0 Å². The van der Waals surface area contributed by atoms with Crippen LogP contribution < -0.4 is 4.90 Å². The van der Waals surface area contributed by atoms with E-state index < -0.39 is 0 Å². The number of aromatic nitrogens is 1. The number of hydrogen-bond acceptors (Lipinski definition) is 1. The minimum Gasteiger partial charge on any atom is -0.310 e.